The first-order valence-corrected chi connectivity index (χ1v) is 6.52. The minimum Gasteiger partial charge on any atom is -0.352 e. The van der Waals surface area contributed by atoms with Crippen LogP contribution in [0, 0.1) is 5.92 Å². The molecule has 0 radical (unpaired) electrons. The average Bonchev–Trinajstić information content (AvgIpc) is 2.75. The smallest absolute Gasteiger partial charge is 0.203 e. The number of anilines is 1. The standard InChI is InChI=1S/C14H18ClN3/c1-11(2)10-18-8-7-16-14(18)17-9-12-3-5-13(15)6-4-12/h3-8,11H,9-10H2,1-2H3,(H,16,17). The Morgan fingerprint density at radius 2 is 2.00 bits per heavy atom. The number of halogens is 1. The summed E-state index contributed by atoms with van der Waals surface area (Å²) in [6, 6.07) is 7.84. The van der Waals surface area contributed by atoms with E-state index in [4.69, 9.17) is 11.6 Å². The van der Waals surface area contributed by atoms with Crippen molar-refractivity contribution in [1.82, 2.24) is 9.55 Å². The molecule has 0 aliphatic rings. The lowest BCUT2D eigenvalue weighted by Crippen LogP contribution is -2.10. The van der Waals surface area contributed by atoms with Gasteiger partial charge in [-0.25, -0.2) is 4.98 Å². The van der Waals surface area contributed by atoms with Gasteiger partial charge in [0, 0.05) is 30.5 Å². The lowest BCUT2D eigenvalue weighted by Gasteiger charge is -2.11. The molecule has 0 aliphatic carbocycles. The Bertz CT molecular complexity index is 488. The molecule has 0 amide bonds. The van der Waals surface area contributed by atoms with E-state index >= 15 is 0 Å². The molecule has 0 aliphatic heterocycles. The number of benzene rings is 1. The highest BCUT2D eigenvalue weighted by atomic mass is 35.5. The maximum Gasteiger partial charge on any atom is 0.203 e. The molecule has 4 heteroatoms. The monoisotopic (exact) mass is 263 g/mol. The molecule has 1 aromatic heterocycles. The quantitative estimate of drug-likeness (QED) is 0.889. The van der Waals surface area contributed by atoms with Crippen molar-refractivity contribution in [1.29, 1.82) is 0 Å². The lowest BCUT2D eigenvalue weighted by molar-refractivity contribution is 0.526. The molecule has 0 bridgehead atoms. The van der Waals surface area contributed by atoms with Crippen LogP contribution in [0.2, 0.25) is 5.02 Å². The zero-order valence-corrected chi connectivity index (χ0v) is 11.5. The number of imidazole rings is 1. The number of nitrogens with one attached hydrogen (secondary N) is 1. The molecular formula is C14H18ClN3. The van der Waals surface area contributed by atoms with Crippen LogP contribution in [0.5, 0.6) is 0 Å². The zero-order chi connectivity index (χ0) is 13.0. The van der Waals surface area contributed by atoms with Crippen molar-refractivity contribution in [2.45, 2.75) is 26.9 Å². The Kier molecular flexibility index (Phi) is 4.26. The van der Waals surface area contributed by atoms with Crippen LogP contribution < -0.4 is 5.32 Å². The highest BCUT2D eigenvalue weighted by Crippen LogP contribution is 2.12. The first-order valence-electron chi connectivity index (χ1n) is 6.14. The molecule has 0 atom stereocenters. The van der Waals surface area contributed by atoms with Crippen LogP contribution in [-0.4, -0.2) is 9.55 Å². The molecule has 0 unspecified atom stereocenters. The van der Waals surface area contributed by atoms with Crippen molar-refractivity contribution >= 4 is 17.5 Å². The van der Waals surface area contributed by atoms with Crippen LogP contribution in [0.1, 0.15) is 19.4 Å². The molecule has 18 heavy (non-hydrogen) atoms. The molecule has 1 heterocycles. The van der Waals surface area contributed by atoms with E-state index in [2.05, 4.69) is 28.7 Å². The second kappa shape index (κ2) is 5.91. The highest BCUT2D eigenvalue weighted by Gasteiger charge is 2.04. The van der Waals surface area contributed by atoms with E-state index in [9.17, 15) is 0 Å². The molecule has 2 aromatic rings. The van der Waals surface area contributed by atoms with Crippen LogP contribution in [0.3, 0.4) is 0 Å². The zero-order valence-electron chi connectivity index (χ0n) is 10.7. The van der Waals surface area contributed by atoms with Gasteiger partial charge in [0.05, 0.1) is 0 Å². The molecular weight excluding hydrogens is 246 g/mol. The number of hydrogen-bond donors (Lipinski definition) is 1. The van der Waals surface area contributed by atoms with E-state index in [-0.39, 0.29) is 0 Å². The second-order valence-electron chi connectivity index (χ2n) is 4.78. The summed E-state index contributed by atoms with van der Waals surface area (Å²) >= 11 is 5.86. The van der Waals surface area contributed by atoms with Crippen LogP contribution in [-0.2, 0) is 13.1 Å². The predicted molar refractivity (Wildman–Crippen MR) is 75.8 cm³/mol. The third-order valence-electron chi connectivity index (χ3n) is 2.64. The fraction of sp³-hybridized carbons (Fsp3) is 0.357. The van der Waals surface area contributed by atoms with Gasteiger partial charge in [0.1, 0.15) is 0 Å². The lowest BCUT2D eigenvalue weighted by atomic mass is 10.2. The summed E-state index contributed by atoms with van der Waals surface area (Å²) in [5.74, 6) is 1.52. The van der Waals surface area contributed by atoms with Gasteiger partial charge >= 0.3 is 0 Å². The van der Waals surface area contributed by atoms with E-state index < -0.39 is 0 Å². The molecule has 0 saturated heterocycles. The Morgan fingerprint density at radius 3 is 2.67 bits per heavy atom. The Hall–Kier alpha value is -1.48. The average molecular weight is 264 g/mol. The Labute approximate surface area is 113 Å². The van der Waals surface area contributed by atoms with E-state index in [1.165, 1.54) is 5.56 Å². The summed E-state index contributed by atoms with van der Waals surface area (Å²) in [7, 11) is 0. The molecule has 1 aromatic carbocycles. The summed E-state index contributed by atoms with van der Waals surface area (Å²) in [5.41, 5.74) is 1.19. The normalized spacial score (nSPS) is 10.9. The summed E-state index contributed by atoms with van der Waals surface area (Å²) in [5, 5.41) is 4.11. The largest absolute Gasteiger partial charge is 0.352 e. The molecule has 3 nitrogen and oxygen atoms in total. The van der Waals surface area contributed by atoms with Crippen molar-refractivity contribution < 1.29 is 0 Å². The second-order valence-corrected chi connectivity index (χ2v) is 5.21. The fourth-order valence-electron chi connectivity index (χ4n) is 1.80. The molecule has 0 spiro atoms. The van der Waals surface area contributed by atoms with Crippen molar-refractivity contribution in [2.24, 2.45) is 5.92 Å². The van der Waals surface area contributed by atoms with Gasteiger partial charge in [0.15, 0.2) is 0 Å². The molecule has 1 N–H and O–H groups in total. The van der Waals surface area contributed by atoms with E-state index in [0.29, 0.717) is 5.92 Å². The van der Waals surface area contributed by atoms with Gasteiger partial charge in [0.2, 0.25) is 5.95 Å². The fourth-order valence-corrected chi connectivity index (χ4v) is 1.93. The van der Waals surface area contributed by atoms with Gasteiger partial charge < -0.3 is 9.88 Å². The van der Waals surface area contributed by atoms with Gasteiger partial charge in [-0.2, -0.15) is 0 Å². The van der Waals surface area contributed by atoms with Crippen molar-refractivity contribution in [3.8, 4) is 0 Å². The summed E-state index contributed by atoms with van der Waals surface area (Å²) in [6.45, 7) is 6.13. The first-order chi connectivity index (χ1) is 8.65. The van der Waals surface area contributed by atoms with Crippen LogP contribution in [0.15, 0.2) is 36.7 Å². The van der Waals surface area contributed by atoms with E-state index in [1.54, 1.807) is 0 Å². The molecule has 96 valence electrons. The molecule has 0 saturated carbocycles. The molecule has 2 rings (SSSR count). The van der Waals surface area contributed by atoms with Crippen molar-refractivity contribution in [3.05, 3.63) is 47.2 Å². The highest BCUT2D eigenvalue weighted by molar-refractivity contribution is 6.30. The Balaban J connectivity index is 1.97. The topological polar surface area (TPSA) is 29.9 Å². The maximum atomic E-state index is 5.86. The van der Waals surface area contributed by atoms with Gasteiger partial charge in [-0.3, -0.25) is 0 Å². The predicted octanol–water partition coefficient (Wildman–Crippen LogP) is 3.80. The summed E-state index contributed by atoms with van der Waals surface area (Å²) in [4.78, 5) is 4.33. The third-order valence-corrected chi connectivity index (χ3v) is 2.89. The summed E-state index contributed by atoms with van der Waals surface area (Å²) in [6.07, 6.45) is 3.83. The van der Waals surface area contributed by atoms with Crippen LogP contribution in [0.25, 0.3) is 0 Å². The van der Waals surface area contributed by atoms with Gasteiger partial charge in [-0.05, 0) is 23.6 Å². The number of nitrogens with zero attached hydrogens (tertiary/aromatic N) is 2. The third kappa shape index (κ3) is 3.50. The van der Waals surface area contributed by atoms with Gasteiger partial charge in [0.25, 0.3) is 0 Å². The SMILES string of the molecule is CC(C)Cn1ccnc1NCc1ccc(Cl)cc1. The van der Waals surface area contributed by atoms with Crippen molar-refractivity contribution in [3.63, 3.8) is 0 Å². The van der Waals surface area contributed by atoms with Crippen LogP contribution >= 0.6 is 11.6 Å². The Morgan fingerprint density at radius 1 is 1.28 bits per heavy atom. The summed E-state index contributed by atoms with van der Waals surface area (Å²) < 4.78 is 2.14. The number of hydrogen-bond acceptors (Lipinski definition) is 2. The van der Waals surface area contributed by atoms with E-state index in [0.717, 1.165) is 24.1 Å². The molecule has 0 fully saturated rings. The number of rotatable bonds is 5. The van der Waals surface area contributed by atoms with Gasteiger partial charge in [-0.15, -0.1) is 0 Å². The van der Waals surface area contributed by atoms with Gasteiger partial charge in [-0.1, -0.05) is 37.6 Å². The first kappa shape index (κ1) is 13.0. The minimum atomic E-state index is 0.607. The van der Waals surface area contributed by atoms with Crippen LogP contribution in [0.4, 0.5) is 5.95 Å². The maximum absolute atomic E-state index is 5.86. The number of aromatic nitrogens is 2. The minimum absolute atomic E-state index is 0.607. The van der Waals surface area contributed by atoms with Crippen molar-refractivity contribution in [2.75, 3.05) is 5.32 Å². The van der Waals surface area contributed by atoms with E-state index in [1.807, 2.05) is 36.7 Å².